The van der Waals surface area contributed by atoms with Crippen LogP contribution in [-0.4, -0.2) is 23.3 Å². The van der Waals surface area contributed by atoms with Gasteiger partial charge in [-0.25, -0.2) is 4.98 Å². The zero-order valence-electron chi connectivity index (χ0n) is 9.10. The Morgan fingerprint density at radius 2 is 2.41 bits per heavy atom. The maximum Gasteiger partial charge on any atom is 0.227 e. The van der Waals surface area contributed by atoms with Crippen LogP contribution >= 0.6 is 11.6 Å². The number of carbonyl (C=O) groups excluding carboxylic acids is 1. The van der Waals surface area contributed by atoms with E-state index >= 15 is 0 Å². The number of hydrogen-bond acceptors (Lipinski definition) is 3. The molecule has 1 aromatic heterocycles. The number of hydrogen-bond donors (Lipinski definition) is 0. The molecule has 3 rings (SSSR count). The van der Waals surface area contributed by atoms with Crippen LogP contribution in [0.25, 0.3) is 11.1 Å². The van der Waals surface area contributed by atoms with Gasteiger partial charge in [0.05, 0.1) is 0 Å². The highest BCUT2D eigenvalue weighted by molar-refractivity contribution is 6.18. The molecule has 1 atom stereocenters. The third-order valence-corrected chi connectivity index (χ3v) is 3.49. The Hall–Kier alpha value is -1.55. The molecule has 2 heterocycles. The van der Waals surface area contributed by atoms with Crippen molar-refractivity contribution >= 4 is 34.3 Å². The van der Waals surface area contributed by atoms with Crippen molar-refractivity contribution in [3.8, 4) is 0 Å². The average molecular weight is 251 g/mol. The van der Waals surface area contributed by atoms with E-state index < -0.39 is 0 Å². The lowest BCUT2D eigenvalue weighted by atomic mass is 10.1. The smallest absolute Gasteiger partial charge is 0.227 e. The highest BCUT2D eigenvalue weighted by Crippen LogP contribution is 2.28. The van der Waals surface area contributed by atoms with Crippen LogP contribution in [0, 0.1) is 5.92 Å². The number of amides is 1. The monoisotopic (exact) mass is 250 g/mol. The number of rotatable bonds is 2. The fraction of sp³-hybridized carbons (Fsp3) is 0.333. The van der Waals surface area contributed by atoms with Crippen molar-refractivity contribution in [1.82, 2.24) is 4.98 Å². The molecule has 0 bridgehead atoms. The average Bonchev–Trinajstić information content (AvgIpc) is 2.93. The Kier molecular flexibility index (Phi) is 2.52. The molecule has 0 N–H and O–H groups in total. The van der Waals surface area contributed by atoms with Gasteiger partial charge in [0.25, 0.3) is 0 Å². The van der Waals surface area contributed by atoms with Crippen molar-refractivity contribution in [3.05, 3.63) is 24.6 Å². The SMILES string of the molecule is O=C1CC(CCl)CN1c1ccc2ncoc2c1. The molecule has 1 aromatic carbocycles. The van der Waals surface area contributed by atoms with Crippen molar-refractivity contribution in [2.24, 2.45) is 5.92 Å². The first-order chi connectivity index (χ1) is 8.28. The topological polar surface area (TPSA) is 46.3 Å². The maximum atomic E-state index is 11.8. The summed E-state index contributed by atoms with van der Waals surface area (Å²) in [5.41, 5.74) is 2.35. The van der Waals surface area contributed by atoms with Crippen LogP contribution in [0.4, 0.5) is 5.69 Å². The number of alkyl halides is 1. The second-order valence-electron chi connectivity index (χ2n) is 4.23. The second kappa shape index (κ2) is 4.04. The molecule has 1 fully saturated rings. The van der Waals surface area contributed by atoms with E-state index in [-0.39, 0.29) is 11.8 Å². The summed E-state index contributed by atoms with van der Waals surface area (Å²) in [6, 6.07) is 5.59. The van der Waals surface area contributed by atoms with Gasteiger partial charge in [-0.3, -0.25) is 4.79 Å². The molecule has 0 aliphatic carbocycles. The first-order valence-electron chi connectivity index (χ1n) is 5.47. The largest absolute Gasteiger partial charge is 0.443 e. The van der Waals surface area contributed by atoms with E-state index in [1.165, 1.54) is 6.39 Å². The number of oxazole rings is 1. The predicted molar refractivity (Wildman–Crippen MR) is 65.2 cm³/mol. The van der Waals surface area contributed by atoms with Gasteiger partial charge in [0.2, 0.25) is 5.91 Å². The van der Waals surface area contributed by atoms with Crippen LogP contribution in [0.15, 0.2) is 29.0 Å². The summed E-state index contributed by atoms with van der Waals surface area (Å²) in [6.45, 7) is 0.683. The van der Waals surface area contributed by atoms with E-state index in [1.807, 2.05) is 18.2 Å². The van der Waals surface area contributed by atoms with Crippen molar-refractivity contribution in [3.63, 3.8) is 0 Å². The summed E-state index contributed by atoms with van der Waals surface area (Å²) in [5.74, 6) is 0.886. The van der Waals surface area contributed by atoms with Gasteiger partial charge in [-0.1, -0.05) is 0 Å². The van der Waals surface area contributed by atoms with Crippen LogP contribution in [0.1, 0.15) is 6.42 Å². The molecule has 0 saturated carbocycles. The van der Waals surface area contributed by atoms with Gasteiger partial charge in [-0.15, -0.1) is 11.6 Å². The molecular weight excluding hydrogens is 240 g/mol. The van der Waals surface area contributed by atoms with Gasteiger partial charge in [0.15, 0.2) is 12.0 Å². The van der Waals surface area contributed by atoms with Crippen LogP contribution in [0.2, 0.25) is 0 Å². The third-order valence-electron chi connectivity index (χ3n) is 3.05. The van der Waals surface area contributed by atoms with Crippen molar-refractivity contribution in [2.75, 3.05) is 17.3 Å². The molecule has 88 valence electrons. The third kappa shape index (κ3) is 1.78. The number of nitrogens with zero attached hydrogens (tertiary/aromatic N) is 2. The van der Waals surface area contributed by atoms with Crippen LogP contribution in [-0.2, 0) is 4.79 Å². The Morgan fingerprint density at radius 1 is 1.53 bits per heavy atom. The molecule has 1 unspecified atom stereocenters. The van der Waals surface area contributed by atoms with Gasteiger partial charge < -0.3 is 9.32 Å². The fourth-order valence-corrected chi connectivity index (χ4v) is 2.35. The lowest BCUT2D eigenvalue weighted by Gasteiger charge is -2.15. The van der Waals surface area contributed by atoms with E-state index in [0.717, 1.165) is 11.2 Å². The Balaban J connectivity index is 1.95. The Bertz CT molecular complexity index is 566. The van der Waals surface area contributed by atoms with Gasteiger partial charge in [-0.05, 0) is 18.1 Å². The molecule has 1 amide bonds. The zero-order chi connectivity index (χ0) is 11.8. The summed E-state index contributed by atoms with van der Waals surface area (Å²) < 4.78 is 5.23. The van der Waals surface area contributed by atoms with Gasteiger partial charge in [0.1, 0.15) is 5.52 Å². The van der Waals surface area contributed by atoms with Gasteiger partial charge in [0, 0.05) is 30.6 Å². The number of halogens is 1. The van der Waals surface area contributed by atoms with E-state index in [0.29, 0.717) is 24.4 Å². The number of fused-ring (bicyclic) bond motifs is 1. The minimum atomic E-state index is 0.120. The Labute approximate surface area is 103 Å². The molecule has 0 spiro atoms. The van der Waals surface area contributed by atoms with Crippen molar-refractivity contribution in [2.45, 2.75) is 6.42 Å². The minimum absolute atomic E-state index is 0.120. The molecule has 1 saturated heterocycles. The quantitative estimate of drug-likeness (QED) is 0.769. The summed E-state index contributed by atoms with van der Waals surface area (Å²) in [6.07, 6.45) is 1.93. The molecule has 2 aromatic rings. The zero-order valence-corrected chi connectivity index (χ0v) is 9.85. The highest BCUT2D eigenvalue weighted by Gasteiger charge is 2.30. The molecule has 4 nitrogen and oxygen atoms in total. The number of benzene rings is 1. The normalized spacial score (nSPS) is 20.4. The molecule has 1 aliphatic heterocycles. The number of carbonyl (C=O) groups is 1. The summed E-state index contributed by atoms with van der Waals surface area (Å²) in [5, 5.41) is 0. The van der Waals surface area contributed by atoms with Crippen LogP contribution < -0.4 is 4.90 Å². The summed E-state index contributed by atoms with van der Waals surface area (Å²) in [4.78, 5) is 17.6. The number of aromatic nitrogens is 1. The van der Waals surface area contributed by atoms with E-state index in [2.05, 4.69) is 4.98 Å². The van der Waals surface area contributed by atoms with E-state index in [4.69, 9.17) is 16.0 Å². The molecule has 0 radical (unpaired) electrons. The predicted octanol–water partition coefficient (Wildman–Crippen LogP) is 2.42. The van der Waals surface area contributed by atoms with E-state index in [1.54, 1.807) is 4.90 Å². The maximum absolute atomic E-state index is 11.8. The molecule has 1 aliphatic rings. The number of anilines is 1. The first-order valence-corrected chi connectivity index (χ1v) is 6.01. The first kappa shape index (κ1) is 10.6. The van der Waals surface area contributed by atoms with E-state index in [9.17, 15) is 4.79 Å². The highest BCUT2D eigenvalue weighted by atomic mass is 35.5. The lowest BCUT2D eigenvalue weighted by molar-refractivity contribution is -0.117. The molecule has 5 heteroatoms. The van der Waals surface area contributed by atoms with Crippen molar-refractivity contribution < 1.29 is 9.21 Å². The van der Waals surface area contributed by atoms with Gasteiger partial charge in [-0.2, -0.15) is 0 Å². The van der Waals surface area contributed by atoms with Gasteiger partial charge >= 0.3 is 0 Å². The van der Waals surface area contributed by atoms with Crippen molar-refractivity contribution in [1.29, 1.82) is 0 Å². The lowest BCUT2D eigenvalue weighted by Crippen LogP contribution is -2.24. The van der Waals surface area contributed by atoms with Crippen LogP contribution in [0.3, 0.4) is 0 Å². The molecular formula is C12H11ClN2O2. The standard InChI is InChI=1S/C12H11ClN2O2/c13-5-8-3-12(16)15(6-8)9-1-2-10-11(4-9)17-7-14-10/h1-2,4,7-8H,3,5-6H2. The summed E-state index contributed by atoms with van der Waals surface area (Å²) in [7, 11) is 0. The fourth-order valence-electron chi connectivity index (χ4n) is 2.15. The molecule has 17 heavy (non-hydrogen) atoms. The minimum Gasteiger partial charge on any atom is -0.443 e. The second-order valence-corrected chi connectivity index (χ2v) is 4.54. The Morgan fingerprint density at radius 3 is 3.18 bits per heavy atom. The van der Waals surface area contributed by atoms with Crippen LogP contribution in [0.5, 0.6) is 0 Å². The summed E-state index contributed by atoms with van der Waals surface area (Å²) >= 11 is 5.80.